The number of urea groups is 1. The summed E-state index contributed by atoms with van der Waals surface area (Å²) >= 11 is 6.00. The average Bonchev–Trinajstić information content (AvgIpc) is 2.79. The van der Waals surface area contributed by atoms with Crippen molar-refractivity contribution in [1.82, 2.24) is 10.6 Å². The van der Waals surface area contributed by atoms with E-state index in [1.54, 1.807) is 43.5 Å². The van der Waals surface area contributed by atoms with Gasteiger partial charge in [0.15, 0.2) is 0 Å². The molecule has 0 aromatic heterocycles. The van der Waals surface area contributed by atoms with Crippen LogP contribution in [-0.2, 0) is 4.79 Å². The Morgan fingerprint density at radius 1 is 0.903 bits per heavy atom. The van der Waals surface area contributed by atoms with Gasteiger partial charge in [-0.2, -0.15) is 0 Å². The maximum absolute atomic E-state index is 12.6. The van der Waals surface area contributed by atoms with Gasteiger partial charge in [0.05, 0.1) is 13.2 Å². The molecule has 0 aliphatic rings. The summed E-state index contributed by atoms with van der Waals surface area (Å²) in [7, 11) is 1.58. The highest BCUT2D eigenvalue weighted by Crippen LogP contribution is 2.23. The van der Waals surface area contributed by atoms with Crippen molar-refractivity contribution in [2.45, 2.75) is 12.5 Å². The van der Waals surface area contributed by atoms with Gasteiger partial charge in [-0.1, -0.05) is 54.1 Å². The maximum atomic E-state index is 12.6. The van der Waals surface area contributed by atoms with E-state index in [2.05, 4.69) is 16.0 Å². The minimum atomic E-state index is -0.379. The van der Waals surface area contributed by atoms with E-state index in [4.69, 9.17) is 16.3 Å². The van der Waals surface area contributed by atoms with Gasteiger partial charge in [0.1, 0.15) is 5.75 Å². The predicted octanol–water partition coefficient (Wildman–Crippen LogP) is 4.77. The Balaban J connectivity index is 1.53. The number of carbonyl (C=O) groups excluding carboxylic acids is 2. The lowest BCUT2D eigenvalue weighted by molar-refractivity contribution is -0.121. The summed E-state index contributed by atoms with van der Waals surface area (Å²) in [6.07, 6.45) is 0.146. The summed E-state index contributed by atoms with van der Waals surface area (Å²) in [5.41, 5.74) is 2.52. The van der Waals surface area contributed by atoms with E-state index in [1.807, 2.05) is 42.5 Å². The number of anilines is 1. The molecule has 0 saturated carbocycles. The first-order valence-electron chi connectivity index (χ1n) is 9.84. The van der Waals surface area contributed by atoms with Crippen molar-refractivity contribution in [3.05, 3.63) is 95.0 Å². The highest BCUT2D eigenvalue weighted by atomic mass is 35.5. The van der Waals surface area contributed by atoms with Gasteiger partial charge in [-0.3, -0.25) is 4.79 Å². The molecule has 0 aliphatic carbocycles. The van der Waals surface area contributed by atoms with Crippen LogP contribution in [0.15, 0.2) is 78.9 Å². The lowest BCUT2D eigenvalue weighted by Crippen LogP contribution is -2.35. The summed E-state index contributed by atoms with van der Waals surface area (Å²) in [6, 6.07) is 23.4. The van der Waals surface area contributed by atoms with Crippen LogP contribution in [0.2, 0.25) is 5.02 Å². The van der Waals surface area contributed by atoms with Crippen molar-refractivity contribution in [3.63, 3.8) is 0 Å². The van der Waals surface area contributed by atoms with Crippen LogP contribution in [0.4, 0.5) is 10.5 Å². The molecule has 1 unspecified atom stereocenters. The molecule has 0 bridgehead atoms. The zero-order valence-corrected chi connectivity index (χ0v) is 17.9. The molecular formula is C24H24ClN3O3. The highest BCUT2D eigenvalue weighted by molar-refractivity contribution is 6.30. The van der Waals surface area contributed by atoms with E-state index in [1.165, 1.54) is 0 Å². The third kappa shape index (κ3) is 6.76. The monoisotopic (exact) mass is 437 g/mol. The number of amides is 3. The quantitative estimate of drug-likeness (QED) is 0.475. The number of halogens is 1. The Morgan fingerprint density at radius 3 is 2.19 bits per heavy atom. The number of benzene rings is 3. The minimum absolute atomic E-state index is 0.146. The Morgan fingerprint density at radius 2 is 1.55 bits per heavy atom. The van der Waals surface area contributed by atoms with Crippen LogP contribution in [0.1, 0.15) is 23.6 Å². The second-order valence-corrected chi connectivity index (χ2v) is 7.26. The molecule has 3 N–H and O–H groups in total. The van der Waals surface area contributed by atoms with Gasteiger partial charge in [-0.25, -0.2) is 4.79 Å². The number of nitrogens with one attached hydrogen (secondary N) is 3. The van der Waals surface area contributed by atoms with E-state index in [-0.39, 0.29) is 30.9 Å². The summed E-state index contributed by atoms with van der Waals surface area (Å²) in [6.45, 7) is 0.204. The van der Waals surface area contributed by atoms with Gasteiger partial charge in [0.2, 0.25) is 5.91 Å². The van der Waals surface area contributed by atoms with Crippen molar-refractivity contribution in [2.24, 2.45) is 0 Å². The second kappa shape index (κ2) is 11.0. The zero-order valence-electron chi connectivity index (χ0n) is 17.1. The van der Waals surface area contributed by atoms with E-state index in [0.717, 1.165) is 11.1 Å². The molecule has 0 aliphatic heterocycles. The number of hydrogen-bond acceptors (Lipinski definition) is 3. The molecule has 6 nitrogen and oxygen atoms in total. The maximum Gasteiger partial charge on any atom is 0.319 e. The topological polar surface area (TPSA) is 79.5 Å². The van der Waals surface area contributed by atoms with Crippen LogP contribution >= 0.6 is 11.6 Å². The second-order valence-electron chi connectivity index (χ2n) is 6.82. The first kappa shape index (κ1) is 22.2. The third-order valence-electron chi connectivity index (χ3n) is 4.63. The molecule has 3 aromatic rings. The van der Waals surface area contributed by atoms with Crippen molar-refractivity contribution in [1.29, 1.82) is 0 Å². The van der Waals surface area contributed by atoms with Gasteiger partial charge < -0.3 is 20.7 Å². The van der Waals surface area contributed by atoms with Crippen LogP contribution in [0.3, 0.4) is 0 Å². The fourth-order valence-corrected chi connectivity index (χ4v) is 3.16. The summed E-state index contributed by atoms with van der Waals surface area (Å²) in [5, 5.41) is 9.08. The molecule has 0 heterocycles. The van der Waals surface area contributed by atoms with E-state index < -0.39 is 0 Å². The average molecular weight is 438 g/mol. The van der Waals surface area contributed by atoms with E-state index in [0.29, 0.717) is 16.5 Å². The van der Waals surface area contributed by atoms with Gasteiger partial charge >= 0.3 is 6.03 Å². The number of ether oxygens (including phenoxy) is 1. The normalized spacial score (nSPS) is 11.3. The molecule has 0 saturated heterocycles. The standard InChI is InChI=1S/C24H24ClN3O3/c1-31-21-13-11-20(12-14-21)27-24(30)26-16-15-22(29)28-23(17-5-3-2-4-6-17)18-7-9-19(25)10-8-18/h2-14,23H,15-16H2,1H3,(H,28,29)(H2,26,27,30). The molecule has 160 valence electrons. The molecule has 0 fully saturated rings. The van der Waals surface area contributed by atoms with Crippen molar-refractivity contribution in [3.8, 4) is 5.75 Å². The van der Waals surface area contributed by atoms with Crippen LogP contribution in [0.25, 0.3) is 0 Å². The number of hydrogen-bond donors (Lipinski definition) is 3. The zero-order chi connectivity index (χ0) is 22.1. The molecule has 1 atom stereocenters. The molecule has 3 rings (SSSR count). The Hall–Kier alpha value is -3.51. The van der Waals surface area contributed by atoms with Crippen molar-refractivity contribution in [2.75, 3.05) is 19.0 Å². The lowest BCUT2D eigenvalue weighted by atomic mass is 9.98. The lowest BCUT2D eigenvalue weighted by Gasteiger charge is -2.20. The molecule has 31 heavy (non-hydrogen) atoms. The molecule has 3 amide bonds. The Kier molecular flexibility index (Phi) is 7.90. The van der Waals surface area contributed by atoms with Crippen LogP contribution < -0.4 is 20.7 Å². The third-order valence-corrected chi connectivity index (χ3v) is 4.88. The van der Waals surface area contributed by atoms with E-state index >= 15 is 0 Å². The van der Waals surface area contributed by atoms with Crippen LogP contribution in [0, 0.1) is 0 Å². The highest BCUT2D eigenvalue weighted by Gasteiger charge is 2.17. The Labute approximate surface area is 186 Å². The summed E-state index contributed by atoms with van der Waals surface area (Å²) < 4.78 is 5.09. The fraction of sp³-hybridized carbons (Fsp3) is 0.167. The van der Waals surface area contributed by atoms with Crippen molar-refractivity contribution >= 4 is 29.2 Å². The smallest absolute Gasteiger partial charge is 0.319 e. The first-order chi connectivity index (χ1) is 15.0. The predicted molar refractivity (Wildman–Crippen MR) is 123 cm³/mol. The van der Waals surface area contributed by atoms with Crippen molar-refractivity contribution < 1.29 is 14.3 Å². The SMILES string of the molecule is COc1ccc(NC(=O)NCCC(=O)NC(c2ccccc2)c2ccc(Cl)cc2)cc1. The molecule has 3 aromatic carbocycles. The molecule has 7 heteroatoms. The van der Waals surface area contributed by atoms with Gasteiger partial charge in [-0.05, 0) is 47.5 Å². The Bertz CT molecular complexity index is 993. The molecule has 0 radical (unpaired) electrons. The van der Waals surface area contributed by atoms with Crippen LogP contribution in [0.5, 0.6) is 5.75 Å². The van der Waals surface area contributed by atoms with Gasteiger partial charge in [0.25, 0.3) is 0 Å². The number of methoxy groups -OCH3 is 1. The van der Waals surface area contributed by atoms with Gasteiger partial charge in [0, 0.05) is 23.7 Å². The summed E-state index contributed by atoms with van der Waals surface area (Å²) in [5.74, 6) is 0.532. The number of carbonyl (C=O) groups is 2. The van der Waals surface area contributed by atoms with Gasteiger partial charge in [-0.15, -0.1) is 0 Å². The number of rotatable bonds is 8. The first-order valence-corrected chi connectivity index (χ1v) is 10.2. The summed E-state index contributed by atoms with van der Waals surface area (Å²) in [4.78, 5) is 24.6. The molecular weight excluding hydrogens is 414 g/mol. The molecule has 0 spiro atoms. The van der Waals surface area contributed by atoms with Crippen LogP contribution in [-0.4, -0.2) is 25.6 Å². The fourth-order valence-electron chi connectivity index (χ4n) is 3.03. The minimum Gasteiger partial charge on any atom is -0.497 e. The largest absolute Gasteiger partial charge is 0.497 e. The van der Waals surface area contributed by atoms with E-state index in [9.17, 15) is 9.59 Å².